The molecule has 0 amide bonds. The summed E-state index contributed by atoms with van der Waals surface area (Å²) in [6, 6.07) is 0. The van der Waals surface area contributed by atoms with Crippen molar-refractivity contribution in [2.24, 2.45) is 11.3 Å². The van der Waals surface area contributed by atoms with Gasteiger partial charge < -0.3 is 4.74 Å². The van der Waals surface area contributed by atoms with Crippen LogP contribution < -0.4 is 0 Å². The molecule has 1 saturated carbocycles. The first-order valence-corrected chi connectivity index (χ1v) is 8.73. The van der Waals surface area contributed by atoms with Gasteiger partial charge in [-0.05, 0) is 56.3 Å². The molecular weight excluding hydrogens is 252 g/mol. The van der Waals surface area contributed by atoms with Crippen molar-refractivity contribution in [1.82, 2.24) is 0 Å². The molecule has 0 aromatic rings. The third-order valence-corrected chi connectivity index (χ3v) is 5.14. The Morgan fingerprint density at radius 1 is 1.17 bits per heavy atom. The van der Waals surface area contributed by atoms with Crippen LogP contribution in [0, 0.1) is 11.3 Å². The fourth-order valence-corrected chi connectivity index (χ4v) is 3.65. The van der Waals surface area contributed by atoms with Gasteiger partial charge in [-0.3, -0.25) is 4.18 Å². The van der Waals surface area contributed by atoms with E-state index in [1.165, 1.54) is 38.5 Å². The molecule has 1 heterocycles. The molecule has 2 fully saturated rings. The van der Waals surface area contributed by atoms with Crippen LogP contribution in [0.5, 0.6) is 0 Å². The van der Waals surface area contributed by atoms with Crippen LogP contribution >= 0.6 is 0 Å². The molecule has 0 aromatic carbocycles. The van der Waals surface area contributed by atoms with Crippen LogP contribution in [0.25, 0.3) is 0 Å². The second-order valence-corrected chi connectivity index (χ2v) is 7.51. The second kappa shape index (κ2) is 5.88. The van der Waals surface area contributed by atoms with Gasteiger partial charge in [0.25, 0.3) is 10.1 Å². The van der Waals surface area contributed by atoms with Crippen molar-refractivity contribution in [2.45, 2.75) is 44.9 Å². The number of hydrogen-bond acceptors (Lipinski definition) is 4. The predicted octanol–water partition coefficient (Wildman–Crippen LogP) is 2.34. The van der Waals surface area contributed by atoms with Gasteiger partial charge in [0.05, 0.1) is 12.9 Å². The van der Waals surface area contributed by atoms with Crippen LogP contribution in [0.15, 0.2) is 0 Å². The highest BCUT2D eigenvalue weighted by Crippen LogP contribution is 2.46. The summed E-state index contributed by atoms with van der Waals surface area (Å²) in [5, 5.41) is 0. The van der Waals surface area contributed by atoms with E-state index >= 15 is 0 Å². The van der Waals surface area contributed by atoms with Gasteiger partial charge in [-0.15, -0.1) is 0 Å². The van der Waals surface area contributed by atoms with Gasteiger partial charge in [0, 0.05) is 13.2 Å². The van der Waals surface area contributed by atoms with Crippen LogP contribution in [-0.2, 0) is 19.0 Å². The Bertz CT molecular complexity index is 347. The number of rotatable bonds is 4. The highest BCUT2D eigenvalue weighted by molar-refractivity contribution is 7.85. The fraction of sp³-hybridized carbons (Fsp3) is 1.00. The zero-order valence-electron chi connectivity index (χ0n) is 11.2. The first-order chi connectivity index (χ1) is 8.49. The molecule has 0 aromatic heterocycles. The maximum atomic E-state index is 10.9. The molecule has 1 saturated heterocycles. The fourth-order valence-electron chi connectivity index (χ4n) is 3.25. The molecule has 0 atom stereocenters. The minimum Gasteiger partial charge on any atom is -0.381 e. The average Bonchev–Trinajstić information content (AvgIpc) is 2.32. The summed E-state index contributed by atoms with van der Waals surface area (Å²) in [7, 11) is -3.27. The van der Waals surface area contributed by atoms with Crippen molar-refractivity contribution in [3.63, 3.8) is 0 Å². The molecule has 4 nitrogen and oxygen atoms in total. The molecule has 2 rings (SSSR count). The predicted molar refractivity (Wildman–Crippen MR) is 69.9 cm³/mol. The van der Waals surface area contributed by atoms with Crippen LogP contribution in [-0.4, -0.2) is 34.5 Å². The van der Waals surface area contributed by atoms with E-state index in [4.69, 9.17) is 8.92 Å². The molecule has 0 bridgehead atoms. The second-order valence-electron chi connectivity index (χ2n) is 5.87. The SMILES string of the molecule is CS(=O)(=O)OCCC1CCC2(CCOCC2)CC1. The van der Waals surface area contributed by atoms with Gasteiger partial charge in [-0.1, -0.05) is 0 Å². The van der Waals surface area contributed by atoms with Crippen molar-refractivity contribution in [3.8, 4) is 0 Å². The first kappa shape index (κ1) is 14.3. The summed E-state index contributed by atoms with van der Waals surface area (Å²) in [5.74, 6) is 0.639. The van der Waals surface area contributed by atoms with E-state index < -0.39 is 10.1 Å². The molecule has 18 heavy (non-hydrogen) atoms. The Morgan fingerprint density at radius 3 is 2.33 bits per heavy atom. The normalized spacial score (nSPS) is 25.4. The molecule has 106 valence electrons. The molecule has 0 radical (unpaired) electrons. The minimum atomic E-state index is -3.27. The van der Waals surface area contributed by atoms with Gasteiger partial charge >= 0.3 is 0 Å². The lowest BCUT2D eigenvalue weighted by Gasteiger charge is -2.42. The monoisotopic (exact) mass is 276 g/mol. The molecule has 1 aliphatic carbocycles. The van der Waals surface area contributed by atoms with Gasteiger partial charge in [-0.25, -0.2) is 0 Å². The number of hydrogen-bond donors (Lipinski definition) is 0. The minimum absolute atomic E-state index is 0.347. The first-order valence-electron chi connectivity index (χ1n) is 6.91. The molecular formula is C13H24O4S. The molecule has 5 heteroatoms. The summed E-state index contributed by atoms with van der Waals surface area (Å²) < 4.78 is 32.0. The van der Waals surface area contributed by atoms with E-state index in [0.29, 0.717) is 17.9 Å². The molecule has 0 N–H and O–H groups in total. The third kappa shape index (κ3) is 4.21. The summed E-state index contributed by atoms with van der Waals surface area (Å²) in [5.41, 5.74) is 0.534. The largest absolute Gasteiger partial charge is 0.381 e. The molecule has 0 unspecified atom stereocenters. The maximum Gasteiger partial charge on any atom is 0.264 e. The quantitative estimate of drug-likeness (QED) is 0.740. The van der Waals surface area contributed by atoms with Crippen LogP contribution in [0.3, 0.4) is 0 Å². The van der Waals surface area contributed by atoms with Gasteiger partial charge in [0.1, 0.15) is 0 Å². The van der Waals surface area contributed by atoms with Crippen molar-refractivity contribution >= 4 is 10.1 Å². The lowest BCUT2D eigenvalue weighted by molar-refractivity contribution is -0.0142. The highest BCUT2D eigenvalue weighted by atomic mass is 32.2. The summed E-state index contributed by atoms with van der Waals surface area (Å²) >= 11 is 0. The molecule has 2 aliphatic rings. The Balaban J connectivity index is 1.70. The average molecular weight is 276 g/mol. The third-order valence-electron chi connectivity index (χ3n) is 4.54. The van der Waals surface area contributed by atoms with Crippen LogP contribution in [0.2, 0.25) is 0 Å². The van der Waals surface area contributed by atoms with E-state index in [1.807, 2.05) is 0 Å². The Hall–Kier alpha value is -0.130. The summed E-state index contributed by atoms with van der Waals surface area (Å²) in [6.45, 7) is 2.18. The van der Waals surface area contributed by atoms with E-state index in [1.54, 1.807) is 0 Å². The Kier molecular flexibility index (Phi) is 4.67. The molecule has 1 aliphatic heterocycles. The maximum absolute atomic E-state index is 10.9. The van der Waals surface area contributed by atoms with Crippen molar-refractivity contribution in [1.29, 1.82) is 0 Å². The van der Waals surface area contributed by atoms with Gasteiger partial charge in [0.2, 0.25) is 0 Å². The zero-order valence-corrected chi connectivity index (χ0v) is 12.0. The van der Waals surface area contributed by atoms with E-state index in [0.717, 1.165) is 25.9 Å². The standard InChI is InChI=1S/C13H24O4S/c1-18(14,15)17-9-4-12-2-5-13(6-3-12)7-10-16-11-8-13/h12H,2-11H2,1H3. The molecule has 1 spiro atoms. The van der Waals surface area contributed by atoms with E-state index in [2.05, 4.69) is 0 Å². The lowest BCUT2D eigenvalue weighted by Crippen LogP contribution is -2.33. The van der Waals surface area contributed by atoms with Gasteiger partial charge in [0.15, 0.2) is 0 Å². The van der Waals surface area contributed by atoms with E-state index in [-0.39, 0.29) is 0 Å². The van der Waals surface area contributed by atoms with Crippen molar-refractivity contribution in [3.05, 3.63) is 0 Å². The smallest absolute Gasteiger partial charge is 0.264 e. The van der Waals surface area contributed by atoms with Crippen molar-refractivity contribution < 1.29 is 17.3 Å². The Morgan fingerprint density at radius 2 is 1.78 bits per heavy atom. The number of ether oxygens (including phenoxy) is 1. The van der Waals surface area contributed by atoms with Crippen LogP contribution in [0.1, 0.15) is 44.9 Å². The summed E-state index contributed by atoms with van der Waals surface area (Å²) in [6.07, 6.45) is 9.39. The zero-order chi connectivity index (χ0) is 13.1. The van der Waals surface area contributed by atoms with Gasteiger partial charge in [-0.2, -0.15) is 8.42 Å². The van der Waals surface area contributed by atoms with Crippen molar-refractivity contribution in [2.75, 3.05) is 26.1 Å². The van der Waals surface area contributed by atoms with E-state index in [9.17, 15) is 8.42 Å². The summed E-state index contributed by atoms with van der Waals surface area (Å²) in [4.78, 5) is 0. The highest BCUT2D eigenvalue weighted by Gasteiger charge is 2.36. The Labute approximate surface area is 110 Å². The van der Waals surface area contributed by atoms with Crippen LogP contribution in [0.4, 0.5) is 0 Å². The lowest BCUT2D eigenvalue weighted by atomic mass is 9.66. The topological polar surface area (TPSA) is 52.6 Å².